The number of ketones is 2. The largest absolute Gasteiger partial charge is 0.508 e. The molecule has 2 amide bonds. The van der Waals surface area contributed by atoms with Crippen LogP contribution in [0.2, 0.25) is 0 Å². The SMILES string of the molecule is COc1cc(O)cc(OC)c1C1C2=CCC3C(=O)N(Cc4ccccc4)C(=O)C3C2CC2=C1C(=O)C=C(Br)C2=O. The predicted octanol–water partition coefficient (Wildman–Crippen LogP) is 4.37. The molecule has 9 heteroatoms. The predicted molar refractivity (Wildman–Crippen MR) is 148 cm³/mol. The van der Waals surface area contributed by atoms with Crippen LogP contribution in [-0.2, 0) is 25.7 Å². The molecule has 6 rings (SSSR count). The molecule has 8 nitrogen and oxygen atoms in total. The van der Waals surface area contributed by atoms with Crippen LogP contribution >= 0.6 is 15.9 Å². The summed E-state index contributed by atoms with van der Waals surface area (Å²) < 4.78 is 11.4. The Labute approximate surface area is 239 Å². The van der Waals surface area contributed by atoms with Gasteiger partial charge in [0, 0.05) is 40.8 Å². The van der Waals surface area contributed by atoms with Gasteiger partial charge < -0.3 is 14.6 Å². The molecule has 0 radical (unpaired) electrons. The maximum Gasteiger partial charge on any atom is 0.234 e. The number of methoxy groups -OCH3 is 2. The van der Waals surface area contributed by atoms with E-state index in [9.17, 15) is 24.3 Å². The van der Waals surface area contributed by atoms with E-state index in [2.05, 4.69) is 15.9 Å². The van der Waals surface area contributed by atoms with Crippen LogP contribution in [0.1, 0.15) is 29.9 Å². The quantitative estimate of drug-likeness (QED) is 0.307. The third-order valence-electron chi connectivity index (χ3n) is 8.42. The molecular formula is C31H26BrNO7. The van der Waals surface area contributed by atoms with Crippen LogP contribution < -0.4 is 9.47 Å². The number of Topliss-reactive ketones (excluding diaryl/α,β-unsaturated/α-hetero) is 1. The van der Waals surface area contributed by atoms with E-state index < -0.39 is 23.7 Å². The smallest absolute Gasteiger partial charge is 0.234 e. The molecule has 0 saturated carbocycles. The number of phenols is 1. The van der Waals surface area contributed by atoms with Crippen LogP contribution in [0.3, 0.4) is 0 Å². The first kappa shape index (κ1) is 26.3. The Morgan fingerprint density at radius 3 is 2.30 bits per heavy atom. The number of halogens is 1. The fourth-order valence-electron chi connectivity index (χ4n) is 6.73. The van der Waals surface area contributed by atoms with Gasteiger partial charge in [0.1, 0.15) is 17.2 Å². The number of fused-ring (bicyclic) bond motifs is 3. The average Bonchev–Trinajstić information content (AvgIpc) is 3.19. The summed E-state index contributed by atoms with van der Waals surface area (Å²) in [5.74, 6) is -3.14. The van der Waals surface area contributed by atoms with E-state index in [1.54, 1.807) is 0 Å². The molecule has 4 aliphatic rings. The van der Waals surface area contributed by atoms with Gasteiger partial charge in [0.15, 0.2) is 11.6 Å². The molecule has 2 aromatic carbocycles. The Bertz CT molecular complexity index is 1550. The fourth-order valence-corrected chi connectivity index (χ4v) is 7.18. The number of hydrogen-bond donors (Lipinski definition) is 1. The van der Waals surface area contributed by atoms with Crippen molar-refractivity contribution in [1.29, 1.82) is 0 Å². The highest BCUT2D eigenvalue weighted by Crippen LogP contribution is 2.58. The molecule has 2 aromatic rings. The van der Waals surface area contributed by atoms with Crippen LogP contribution in [0.4, 0.5) is 0 Å². The van der Waals surface area contributed by atoms with Crippen molar-refractivity contribution in [2.24, 2.45) is 17.8 Å². The van der Waals surface area contributed by atoms with E-state index in [-0.39, 0.29) is 58.1 Å². The number of likely N-dealkylation sites (tertiary alicyclic amines) is 1. The zero-order valence-corrected chi connectivity index (χ0v) is 23.4. The van der Waals surface area contributed by atoms with Gasteiger partial charge in [-0.1, -0.05) is 42.0 Å². The summed E-state index contributed by atoms with van der Waals surface area (Å²) in [7, 11) is 2.90. The summed E-state index contributed by atoms with van der Waals surface area (Å²) in [6.45, 7) is 0.177. The van der Waals surface area contributed by atoms with E-state index >= 15 is 0 Å². The van der Waals surface area contributed by atoms with E-state index in [1.807, 2.05) is 36.4 Å². The van der Waals surface area contributed by atoms with Crippen LogP contribution in [0, 0.1) is 17.8 Å². The van der Waals surface area contributed by atoms with E-state index in [1.165, 1.54) is 37.3 Å². The van der Waals surface area contributed by atoms with Gasteiger partial charge >= 0.3 is 0 Å². The second kappa shape index (κ2) is 9.89. The number of rotatable bonds is 5. The minimum absolute atomic E-state index is 0.0847. The van der Waals surface area contributed by atoms with Gasteiger partial charge in [0.05, 0.1) is 37.1 Å². The van der Waals surface area contributed by atoms with Crippen LogP contribution in [0.25, 0.3) is 0 Å². The molecule has 1 saturated heterocycles. The Kier molecular flexibility index (Phi) is 6.49. The van der Waals surface area contributed by atoms with E-state index in [4.69, 9.17) is 9.47 Å². The summed E-state index contributed by atoms with van der Waals surface area (Å²) in [6, 6.07) is 12.2. The molecule has 1 heterocycles. The molecule has 204 valence electrons. The number of ether oxygens (including phenoxy) is 2. The first-order valence-electron chi connectivity index (χ1n) is 13.0. The van der Waals surface area contributed by atoms with Gasteiger partial charge in [0.25, 0.3) is 0 Å². The lowest BCUT2D eigenvalue weighted by Crippen LogP contribution is -2.39. The number of allylic oxidation sites excluding steroid dienone is 6. The van der Waals surface area contributed by atoms with Gasteiger partial charge in [-0.2, -0.15) is 0 Å². The molecule has 4 unspecified atom stereocenters. The van der Waals surface area contributed by atoms with Crippen molar-refractivity contribution in [1.82, 2.24) is 4.90 Å². The Morgan fingerprint density at radius 2 is 1.65 bits per heavy atom. The van der Waals surface area contributed by atoms with Crippen molar-refractivity contribution in [3.8, 4) is 17.2 Å². The Balaban J connectivity index is 1.50. The topological polar surface area (TPSA) is 110 Å². The lowest BCUT2D eigenvalue weighted by atomic mass is 9.59. The molecule has 1 fully saturated rings. The second-order valence-electron chi connectivity index (χ2n) is 10.4. The molecule has 3 aliphatic carbocycles. The monoisotopic (exact) mass is 603 g/mol. The molecule has 4 atom stereocenters. The fraction of sp³-hybridized carbons (Fsp3) is 0.290. The van der Waals surface area contributed by atoms with Crippen LogP contribution in [0.5, 0.6) is 17.2 Å². The number of aromatic hydroxyl groups is 1. The lowest BCUT2D eigenvalue weighted by molar-refractivity contribution is -0.140. The van der Waals surface area contributed by atoms with Crippen LogP contribution in [-0.4, -0.2) is 47.6 Å². The summed E-state index contributed by atoms with van der Waals surface area (Å²) in [6.07, 6.45) is 3.70. The van der Waals surface area contributed by atoms with Gasteiger partial charge in [-0.05, 0) is 40.3 Å². The Morgan fingerprint density at radius 1 is 0.975 bits per heavy atom. The Hall–Kier alpha value is -3.98. The maximum atomic E-state index is 13.9. The number of nitrogens with zero attached hydrogens (tertiary/aromatic N) is 1. The number of phenolic OH excluding ortho intramolecular Hbond substituents is 1. The highest BCUT2D eigenvalue weighted by molar-refractivity contribution is 9.12. The maximum absolute atomic E-state index is 13.9. The lowest BCUT2D eigenvalue weighted by Gasteiger charge is -2.42. The second-order valence-corrected chi connectivity index (χ2v) is 11.3. The van der Waals surface area contributed by atoms with Crippen LogP contribution in [0.15, 0.2) is 75.8 Å². The molecule has 1 N–H and O–H groups in total. The first-order valence-corrected chi connectivity index (χ1v) is 13.8. The third kappa shape index (κ3) is 3.94. The number of carbonyl (C=O) groups excluding carboxylic acids is 4. The van der Waals surface area contributed by atoms with Gasteiger partial charge in [0.2, 0.25) is 11.8 Å². The van der Waals surface area contributed by atoms with E-state index in [0.29, 0.717) is 23.1 Å². The normalized spacial score (nSPS) is 25.7. The minimum atomic E-state index is -0.764. The highest BCUT2D eigenvalue weighted by Gasteiger charge is 2.56. The average molecular weight is 604 g/mol. The molecular weight excluding hydrogens is 578 g/mol. The summed E-state index contributed by atoms with van der Waals surface area (Å²) in [5.41, 5.74) is 2.72. The van der Waals surface area contributed by atoms with Crippen molar-refractivity contribution in [3.05, 3.63) is 86.9 Å². The van der Waals surface area contributed by atoms with E-state index in [0.717, 1.165) is 11.1 Å². The number of carbonyl (C=O) groups is 4. The van der Waals surface area contributed by atoms with Crippen molar-refractivity contribution < 1.29 is 33.8 Å². The summed E-state index contributed by atoms with van der Waals surface area (Å²) >= 11 is 3.24. The zero-order chi connectivity index (χ0) is 28.3. The number of hydrogen-bond acceptors (Lipinski definition) is 7. The number of amides is 2. The standard InChI is InChI=1S/C31H26BrNO7/c1-39-23-10-16(34)11-24(40-2)28(23)27-17-8-9-18-25(19(17)12-20-26(27)22(35)13-21(32)29(20)36)31(38)33(30(18)37)14-15-6-4-3-5-7-15/h3-8,10-11,13,18-19,25,27,34H,9,12,14H2,1-2H3. The van der Waals surface area contributed by atoms with Crippen molar-refractivity contribution in [2.45, 2.75) is 25.3 Å². The minimum Gasteiger partial charge on any atom is -0.508 e. The van der Waals surface area contributed by atoms with Gasteiger partial charge in [-0.15, -0.1) is 0 Å². The summed E-state index contributed by atoms with van der Waals surface area (Å²) in [4.78, 5) is 55.7. The molecule has 0 spiro atoms. The molecule has 40 heavy (non-hydrogen) atoms. The highest BCUT2D eigenvalue weighted by atomic mass is 79.9. The molecule has 1 aliphatic heterocycles. The number of benzene rings is 2. The zero-order valence-electron chi connectivity index (χ0n) is 21.8. The van der Waals surface area contributed by atoms with Crippen molar-refractivity contribution in [3.63, 3.8) is 0 Å². The molecule has 0 aromatic heterocycles. The third-order valence-corrected chi connectivity index (χ3v) is 9.01. The van der Waals surface area contributed by atoms with Crippen molar-refractivity contribution >= 4 is 39.3 Å². The van der Waals surface area contributed by atoms with Crippen molar-refractivity contribution in [2.75, 3.05) is 14.2 Å². The summed E-state index contributed by atoms with van der Waals surface area (Å²) in [5, 5.41) is 10.3. The van der Waals surface area contributed by atoms with Gasteiger partial charge in [-0.25, -0.2) is 0 Å². The molecule has 0 bridgehead atoms. The van der Waals surface area contributed by atoms with Gasteiger partial charge in [-0.3, -0.25) is 24.1 Å². The first-order chi connectivity index (χ1) is 19.2. The number of imide groups is 1.